The van der Waals surface area contributed by atoms with Crippen molar-refractivity contribution in [3.8, 4) is 0 Å². The quantitative estimate of drug-likeness (QED) is 0.533. The fourth-order valence-electron chi connectivity index (χ4n) is 1.38. The molecule has 0 aliphatic carbocycles. The third-order valence-corrected chi connectivity index (χ3v) is 2.11. The highest BCUT2D eigenvalue weighted by atomic mass is 16.5. The van der Waals surface area contributed by atoms with Crippen LogP contribution in [0.4, 0.5) is 0 Å². The second kappa shape index (κ2) is 3.72. The highest BCUT2D eigenvalue weighted by molar-refractivity contribution is 5.72. The molecule has 0 aromatic heterocycles. The SMILES string of the molecule is COC(=O)C1CCCOC1C. The van der Waals surface area contributed by atoms with Gasteiger partial charge in [-0.15, -0.1) is 0 Å². The van der Waals surface area contributed by atoms with Gasteiger partial charge in [-0.25, -0.2) is 0 Å². The maximum Gasteiger partial charge on any atom is 0.311 e. The number of hydrogen-bond acceptors (Lipinski definition) is 3. The fraction of sp³-hybridized carbons (Fsp3) is 0.875. The first-order chi connectivity index (χ1) is 5.25. The van der Waals surface area contributed by atoms with Crippen LogP contribution < -0.4 is 0 Å². The highest BCUT2D eigenvalue weighted by Crippen LogP contribution is 2.21. The minimum atomic E-state index is -0.141. The van der Waals surface area contributed by atoms with Crippen molar-refractivity contribution in [2.75, 3.05) is 13.7 Å². The average molecular weight is 158 g/mol. The van der Waals surface area contributed by atoms with Crippen LogP contribution in [0.3, 0.4) is 0 Å². The summed E-state index contributed by atoms with van der Waals surface area (Å²) in [4.78, 5) is 11.1. The molecule has 2 unspecified atom stereocenters. The normalized spacial score (nSPS) is 31.5. The first-order valence-electron chi connectivity index (χ1n) is 3.95. The number of methoxy groups -OCH3 is 1. The number of ether oxygens (including phenoxy) is 2. The molecule has 0 bridgehead atoms. The monoisotopic (exact) mass is 158 g/mol. The van der Waals surface area contributed by atoms with Crippen molar-refractivity contribution in [2.45, 2.75) is 25.9 Å². The molecule has 3 nitrogen and oxygen atoms in total. The van der Waals surface area contributed by atoms with Crippen LogP contribution in [0, 0.1) is 5.92 Å². The minimum absolute atomic E-state index is 0.0243. The second-order valence-corrected chi connectivity index (χ2v) is 2.85. The Kier molecular flexibility index (Phi) is 2.88. The van der Waals surface area contributed by atoms with Crippen LogP contribution in [0.2, 0.25) is 0 Å². The maximum atomic E-state index is 11.1. The predicted molar refractivity (Wildman–Crippen MR) is 40.2 cm³/mol. The van der Waals surface area contributed by atoms with Crippen molar-refractivity contribution in [1.82, 2.24) is 0 Å². The molecule has 1 aliphatic rings. The number of hydrogen-bond donors (Lipinski definition) is 0. The van der Waals surface area contributed by atoms with Gasteiger partial charge in [-0.05, 0) is 19.8 Å². The summed E-state index contributed by atoms with van der Waals surface area (Å²) in [5, 5.41) is 0. The van der Waals surface area contributed by atoms with Gasteiger partial charge in [0.05, 0.1) is 19.1 Å². The van der Waals surface area contributed by atoms with Crippen molar-refractivity contribution in [3.63, 3.8) is 0 Å². The van der Waals surface area contributed by atoms with E-state index in [1.807, 2.05) is 6.92 Å². The van der Waals surface area contributed by atoms with Gasteiger partial charge in [-0.2, -0.15) is 0 Å². The molecule has 1 rings (SSSR count). The van der Waals surface area contributed by atoms with Gasteiger partial charge in [0.1, 0.15) is 0 Å². The summed E-state index contributed by atoms with van der Waals surface area (Å²) in [6.07, 6.45) is 1.88. The number of esters is 1. The zero-order chi connectivity index (χ0) is 8.27. The Hall–Kier alpha value is -0.570. The highest BCUT2D eigenvalue weighted by Gasteiger charge is 2.28. The molecular formula is C8H14O3. The van der Waals surface area contributed by atoms with E-state index in [-0.39, 0.29) is 18.0 Å². The Morgan fingerprint density at radius 3 is 2.91 bits per heavy atom. The van der Waals surface area contributed by atoms with E-state index in [0.717, 1.165) is 19.4 Å². The molecule has 1 saturated heterocycles. The van der Waals surface area contributed by atoms with Crippen molar-refractivity contribution in [3.05, 3.63) is 0 Å². The molecule has 0 amide bonds. The van der Waals surface area contributed by atoms with E-state index < -0.39 is 0 Å². The molecule has 0 radical (unpaired) electrons. The van der Waals surface area contributed by atoms with E-state index in [1.54, 1.807) is 0 Å². The Morgan fingerprint density at radius 2 is 2.36 bits per heavy atom. The summed E-state index contributed by atoms with van der Waals surface area (Å²) < 4.78 is 9.95. The van der Waals surface area contributed by atoms with Crippen LogP contribution in [0.5, 0.6) is 0 Å². The van der Waals surface area contributed by atoms with Gasteiger partial charge in [-0.1, -0.05) is 0 Å². The summed E-state index contributed by atoms with van der Waals surface area (Å²) in [6.45, 7) is 2.69. The Bertz CT molecular complexity index is 144. The summed E-state index contributed by atoms with van der Waals surface area (Å²) in [7, 11) is 1.42. The van der Waals surface area contributed by atoms with Gasteiger partial charge in [0.2, 0.25) is 0 Å². The minimum Gasteiger partial charge on any atom is -0.469 e. The Morgan fingerprint density at radius 1 is 1.64 bits per heavy atom. The maximum absolute atomic E-state index is 11.1. The van der Waals surface area contributed by atoms with E-state index in [4.69, 9.17) is 4.74 Å². The molecule has 2 atom stereocenters. The molecule has 0 spiro atoms. The fourth-order valence-corrected chi connectivity index (χ4v) is 1.38. The number of carbonyl (C=O) groups is 1. The van der Waals surface area contributed by atoms with E-state index in [9.17, 15) is 4.79 Å². The van der Waals surface area contributed by atoms with Crippen molar-refractivity contribution < 1.29 is 14.3 Å². The first kappa shape index (κ1) is 8.53. The molecule has 1 aliphatic heterocycles. The molecule has 0 aromatic rings. The summed E-state index contributed by atoms with van der Waals surface area (Å²) >= 11 is 0. The average Bonchev–Trinajstić information content (AvgIpc) is 2.04. The molecule has 1 fully saturated rings. The lowest BCUT2D eigenvalue weighted by Crippen LogP contribution is -2.33. The third-order valence-electron chi connectivity index (χ3n) is 2.11. The molecule has 11 heavy (non-hydrogen) atoms. The van der Waals surface area contributed by atoms with E-state index in [1.165, 1.54) is 7.11 Å². The molecule has 0 aromatic carbocycles. The second-order valence-electron chi connectivity index (χ2n) is 2.85. The van der Waals surface area contributed by atoms with Crippen molar-refractivity contribution in [1.29, 1.82) is 0 Å². The van der Waals surface area contributed by atoms with Crippen LogP contribution >= 0.6 is 0 Å². The van der Waals surface area contributed by atoms with Crippen LogP contribution in [-0.2, 0) is 14.3 Å². The molecule has 1 heterocycles. The largest absolute Gasteiger partial charge is 0.469 e. The lowest BCUT2D eigenvalue weighted by molar-refractivity contribution is -0.154. The van der Waals surface area contributed by atoms with Gasteiger partial charge in [0.25, 0.3) is 0 Å². The summed E-state index contributed by atoms with van der Waals surface area (Å²) in [5.41, 5.74) is 0. The van der Waals surface area contributed by atoms with Crippen LogP contribution in [-0.4, -0.2) is 25.8 Å². The zero-order valence-corrected chi connectivity index (χ0v) is 7.00. The lowest BCUT2D eigenvalue weighted by Gasteiger charge is -2.26. The van der Waals surface area contributed by atoms with Crippen molar-refractivity contribution in [2.24, 2.45) is 5.92 Å². The molecule has 64 valence electrons. The van der Waals surface area contributed by atoms with Crippen LogP contribution in [0.1, 0.15) is 19.8 Å². The summed E-state index contributed by atoms with van der Waals surface area (Å²) in [5.74, 6) is -0.189. The Balaban J connectivity index is 2.47. The number of carbonyl (C=O) groups excluding carboxylic acids is 1. The lowest BCUT2D eigenvalue weighted by atomic mass is 9.96. The van der Waals surface area contributed by atoms with Gasteiger partial charge in [-0.3, -0.25) is 4.79 Å². The predicted octanol–water partition coefficient (Wildman–Crippen LogP) is 0.974. The number of rotatable bonds is 1. The molecule has 3 heteroatoms. The molecule has 0 saturated carbocycles. The van der Waals surface area contributed by atoms with E-state index in [2.05, 4.69) is 4.74 Å². The first-order valence-corrected chi connectivity index (χ1v) is 3.95. The van der Waals surface area contributed by atoms with Gasteiger partial charge in [0, 0.05) is 6.61 Å². The van der Waals surface area contributed by atoms with Gasteiger partial charge in [0.15, 0.2) is 0 Å². The topological polar surface area (TPSA) is 35.5 Å². The third kappa shape index (κ3) is 1.93. The molecule has 0 N–H and O–H groups in total. The van der Waals surface area contributed by atoms with Crippen LogP contribution in [0.15, 0.2) is 0 Å². The Labute approximate surface area is 66.7 Å². The summed E-state index contributed by atoms with van der Waals surface area (Å²) in [6, 6.07) is 0. The standard InChI is InChI=1S/C8H14O3/c1-6-7(8(9)10-2)4-3-5-11-6/h6-7H,3-5H2,1-2H3. The smallest absolute Gasteiger partial charge is 0.311 e. The van der Waals surface area contributed by atoms with Gasteiger partial charge < -0.3 is 9.47 Å². The van der Waals surface area contributed by atoms with Crippen molar-refractivity contribution >= 4 is 5.97 Å². The van der Waals surface area contributed by atoms with E-state index >= 15 is 0 Å². The van der Waals surface area contributed by atoms with E-state index in [0.29, 0.717) is 0 Å². The molecular weight excluding hydrogens is 144 g/mol. The van der Waals surface area contributed by atoms with Gasteiger partial charge >= 0.3 is 5.97 Å². The zero-order valence-electron chi connectivity index (χ0n) is 7.00. The van der Waals surface area contributed by atoms with Crippen LogP contribution in [0.25, 0.3) is 0 Å².